The molecule has 0 N–H and O–H groups in total. The zero-order chi connectivity index (χ0) is 17.3. The van der Waals surface area contributed by atoms with Gasteiger partial charge in [0.15, 0.2) is 23.0 Å². The maximum absolute atomic E-state index is 12.5. The third-order valence-electron chi connectivity index (χ3n) is 5.35. The number of carbonyl (C=O) groups excluding carboxylic acids is 1. The fourth-order valence-corrected chi connectivity index (χ4v) is 4.23. The van der Waals surface area contributed by atoms with E-state index in [9.17, 15) is 4.79 Å². The molecule has 6 heteroatoms. The first kappa shape index (κ1) is 14.1. The van der Waals surface area contributed by atoms with Crippen LogP contribution in [-0.4, -0.2) is 26.2 Å². The van der Waals surface area contributed by atoms with E-state index < -0.39 is 0 Å². The number of rotatable bonds is 1. The third-order valence-corrected chi connectivity index (χ3v) is 5.35. The number of benzene rings is 2. The van der Waals surface area contributed by atoms with Crippen molar-refractivity contribution in [2.24, 2.45) is 0 Å². The van der Waals surface area contributed by atoms with Crippen molar-refractivity contribution in [2.75, 3.05) is 20.2 Å². The fourth-order valence-electron chi connectivity index (χ4n) is 4.23. The number of esters is 1. The zero-order valence-electron chi connectivity index (χ0n) is 13.7. The summed E-state index contributed by atoms with van der Waals surface area (Å²) >= 11 is 0. The normalized spacial score (nSPS) is 21.5. The van der Waals surface area contributed by atoms with Gasteiger partial charge in [0.1, 0.15) is 6.61 Å². The summed E-state index contributed by atoms with van der Waals surface area (Å²) in [6.07, 6.45) is 0.677. The Bertz CT molecular complexity index is 1010. The standard InChI is InChI=1S/C20H14O6/c21-20-17-11(7-22-20)4-10-5-15-16(25-8-24-15)6-13(10)18(17)12-2-1-3-14-19(12)26-9-23-14/h1-3,5-6,18H,4,7-9H2. The molecule has 0 bridgehead atoms. The molecule has 1 aliphatic carbocycles. The van der Waals surface area contributed by atoms with Crippen molar-refractivity contribution in [1.82, 2.24) is 0 Å². The first-order chi connectivity index (χ1) is 12.8. The molecule has 0 amide bonds. The minimum Gasteiger partial charge on any atom is -0.458 e. The van der Waals surface area contributed by atoms with Gasteiger partial charge in [0.2, 0.25) is 13.6 Å². The Kier molecular flexibility index (Phi) is 2.67. The second-order valence-electron chi connectivity index (χ2n) is 6.69. The van der Waals surface area contributed by atoms with Gasteiger partial charge in [0, 0.05) is 11.5 Å². The molecule has 1 unspecified atom stereocenters. The van der Waals surface area contributed by atoms with Crippen LogP contribution in [-0.2, 0) is 16.0 Å². The van der Waals surface area contributed by atoms with E-state index in [2.05, 4.69) is 0 Å². The van der Waals surface area contributed by atoms with Crippen LogP contribution in [0.15, 0.2) is 41.5 Å². The van der Waals surface area contributed by atoms with Crippen LogP contribution in [0.25, 0.3) is 0 Å². The number of fused-ring (bicyclic) bond motifs is 3. The molecule has 3 aliphatic heterocycles. The molecule has 0 saturated carbocycles. The molecular formula is C20H14O6. The monoisotopic (exact) mass is 350 g/mol. The van der Waals surface area contributed by atoms with E-state index in [0.29, 0.717) is 35.8 Å². The third kappa shape index (κ3) is 1.78. The summed E-state index contributed by atoms with van der Waals surface area (Å²) in [5.41, 5.74) is 4.78. The quantitative estimate of drug-likeness (QED) is 0.737. The molecule has 3 heterocycles. The highest BCUT2D eigenvalue weighted by molar-refractivity contribution is 5.96. The molecule has 0 spiro atoms. The summed E-state index contributed by atoms with van der Waals surface area (Å²) < 4.78 is 27.7. The molecule has 6 rings (SSSR count). The van der Waals surface area contributed by atoms with E-state index in [1.807, 2.05) is 30.3 Å². The van der Waals surface area contributed by atoms with Crippen molar-refractivity contribution >= 4 is 5.97 Å². The second kappa shape index (κ2) is 4.94. The van der Waals surface area contributed by atoms with Crippen molar-refractivity contribution in [3.63, 3.8) is 0 Å². The van der Waals surface area contributed by atoms with Gasteiger partial charge in [-0.05, 0) is 41.3 Å². The van der Waals surface area contributed by atoms with Gasteiger partial charge in [-0.1, -0.05) is 12.1 Å². The molecule has 0 fully saturated rings. The Morgan fingerprint density at radius 3 is 2.58 bits per heavy atom. The Balaban J connectivity index is 1.61. The average molecular weight is 350 g/mol. The predicted octanol–water partition coefficient (Wildman–Crippen LogP) is 2.69. The van der Waals surface area contributed by atoms with Crippen molar-refractivity contribution in [1.29, 1.82) is 0 Å². The molecule has 2 aromatic carbocycles. The van der Waals surface area contributed by atoms with Gasteiger partial charge in [-0.25, -0.2) is 4.79 Å². The largest absolute Gasteiger partial charge is 0.458 e. The summed E-state index contributed by atoms with van der Waals surface area (Å²) in [5.74, 6) is 2.31. The van der Waals surface area contributed by atoms with E-state index in [1.54, 1.807) is 0 Å². The number of hydrogen-bond donors (Lipinski definition) is 0. The van der Waals surface area contributed by atoms with Gasteiger partial charge in [-0.15, -0.1) is 0 Å². The van der Waals surface area contributed by atoms with Crippen molar-refractivity contribution in [2.45, 2.75) is 12.3 Å². The topological polar surface area (TPSA) is 63.2 Å². The Labute approximate surface area is 148 Å². The van der Waals surface area contributed by atoms with Gasteiger partial charge >= 0.3 is 5.97 Å². The molecule has 6 nitrogen and oxygen atoms in total. The molecule has 0 saturated heterocycles. The Morgan fingerprint density at radius 2 is 1.65 bits per heavy atom. The van der Waals surface area contributed by atoms with Crippen LogP contribution in [0.3, 0.4) is 0 Å². The highest BCUT2D eigenvalue weighted by atomic mass is 16.7. The van der Waals surface area contributed by atoms with Crippen LogP contribution >= 0.6 is 0 Å². The Hall–Kier alpha value is -3.15. The first-order valence-corrected chi connectivity index (χ1v) is 8.49. The van der Waals surface area contributed by atoms with Gasteiger partial charge in [0.05, 0.1) is 5.57 Å². The van der Waals surface area contributed by atoms with E-state index in [0.717, 1.165) is 28.0 Å². The van der Waals surface area contributed by atoms with Gasteiger partial charge in [0.25, 0.3) is 0 Å². The molecule has 26 heavy (non-hydrogen) atoms. The van der Waals surface area contributed by atoms with Gasteiger partial charge < -0.3 is 23.7 Å². The smallest absolute Gasteiger partial charge is 0.335 e. The number of hydrogen-bond acceptors (Lipinski definition) is 6. The lowest BCUT2D eigenvalue weighted by Gasteiger charge is -2.27. The first-order valence-electron chi connectivity index (χ1n) is 8.49. The molecule has 1 atom stereocenters. The van der Waals surface area contributed by atoms with Crippen molar-refractivity contribution in [3.8, 4) is 23.0 Å². The summed E-state index contributed by atoms with van der Waals surface area (Å²) in [5, 5.41) is 0. The van der Waals surface area contributed by atoms with Crippen LogP contribution in [0, 0.1) is 0 Å². The molecule has 0 radical (unpaired) electrons. The lowest BCUT2D eigenvalue weighted by atomic mass is 9.75. The number of ether oxygens (including phenoxy) is 5. The summed E-state index contributed by atoms with van der Waals surface area (Å²) in [6.45, 7) is 0.740. The predicted molar refractivity (Wildman–Crippen MR) is 88.7 cm³/mol. The summed E-state index contributed by atoms with van der Waals surface area (Å²) in [7, 11) is 0. The van der Waals surface area contributed by atoms with Crippen LogP contribution in [0.5, 0.6) is 23.0 Å². The van der Waals surface area contributed by atoms with Crippen molar-refractivity contribution < 1.29 is 28.5 Å². The van der Waals surface area contributed by atoms with Crippen molar-refractivity contribution in [3.05, 3.63) is 58.2 Å². The number of cyclic esters (lactones) is 1. The van der Waals surface area contributed by atoms with Crippen LogP contribution < -0.4 is 18.9 Å². The SMILES string of the molecule is O=C1OCC2=C1C(c1cccc3c1OCO3)c1cc3c(cc1C2)OCO3. The highest BCUT2D eigenvalue weighted by Crippen LogP contribution is 2.51. The van der Waals surface area contributed by atoms with Crippen LogP contribution in [0.4, 0.5) is 0 Å². The van der Waals surface area contributed by atoms with Gasteiger partial charge in [-0.3, -0.25) is 0 Å². The minimum absolute atomic E-state index is 0.184. The molecule has 2 aromatic rings. The minimum atomic E-state index is -0.269. The van der Waals surface area contributed by atoms with E-state index in [1.165, 1.54) is 0 Å². The maximum atomic E-state index is 12.5. The Morgan fingerprint density at radius 1 is 0.846 bits per heavy atom. The summed E-state index contributed by atoms with van der Waals surface area (Å²) in [4.78, 5) is 12.5. The maximum Gasteiger partial charge on any atom is 0.335 e. The number of carbonyl (C=O) groups is 1. The van der Waals surface area contributed by atoms with E-state index in [4.69, 9.17) is 23.7 Å². The second-order valence-corrected chi connectivity index (χ2v) is 6.69. The van der Waals surface area contributed by atoms with Gasteiger partial charge in [-0.2, -0.15) is 0 Å². The number of para-hydroxylation sites is 1. The summed E-state index contributed by atoms with van der Waals surface area (Å²) in [6, 6.07) is 9.76. The lowest BCUT2D eigenvalue weighted by molar-refractivity contribution is -0.136. The average Bonchev–Trinajstić information content (AvgIpc) is 3.37. The molecule has 0 aromatic heterocycles. The van der Waals surface area contributed by atoms with Crippen LogP contribution in [0.2, 0.25) is 0 Å². The van der Waals surface area contributed by atoms with E-state index in [-0.39, 0.29) is 25.5 Å². The van der Waals surface area contributed by atoms with Crippen LogP contribution in [0.1, 0.15) is 22.6 Å². The lowest BCUT2D eigenvalue weighted by Crippen LogP contribution is -2.18. The fraction of sp³-hybridized carbons (Fsp3) is 0.250. The highest BCUT2D eigenvalue weighted by Gasteiger charge is 2.41. The molecule has 130 valence electrons. The molecular weight excluding hydrogens is 336 g/mol. The molecule has 4 aliphatic rings. The zero-order valence-corrected chi connectivity index (χ0v) is 13.7. The van der Waals surface area contributed by atoms with E-state index >= 15 is 0 Å².